The molecule has 96 valence electrons. The predicted molar refractivity (Wildman–Crippen MR) is 63.0 cm³/mol. The van der Waals surface area contributed by atoms with Crippen LogP contribution in [0.4, 0.5) is 13.2 Å². The van der Waals surface area contributed by atoms with E-state index < -0.39 is 11.7 Å². The Morgan fingerprint density at radius 3 is 2.39 bits per heavy atom. The Hall–Kier alpha value is -1.78. The van der Waals surface area contributed by atoms with Crippen molar-refractivity contribution < 1.29 is 13.2 Å². The van der Waals surface area contributed by atoms with Gasteiger partial charge in [-0.25, -0.2) is 4.98 Å². The second-order valence-corrected chi connectivity index (χ2v) is 4.07. The van der Waals surface area contributed by atoms with Gasteiger partial charge in [-0.05, 0) is 18.6 Å². The molecule has 1 aromatic carbocycles. The number of alkyl halides is 3. The van der Waals surface area contributed by atoms with E-state index >= 15 is 0 Å². The molecule has 0 aliphatic rings. The lowest BCUT2D eigenvalue weighted by molar-refractivity contribution is -0.137. The lowest BCUT2D eigenvalue weighted by atomic mass is 10.1. The van der Waals surface area contributed by atoms with Gasteiger partial charge in [0.25, 0.3) is 0 Å². The molecule has 2 rings (SSSR count). The highest BCUT2D eigenvalue weighted by Gasteiger charge is 2.29. The average Bonchev–Trinajstić information content (AvgIpc) is 2.77. The van der Waals surface area contributed by atoms with Gasteiger partial charge in [0.1, 0.15) is 0 Å². The maximum absolute atomic E-state index is 12.4. The summed E-state index contributed by atoms with van der Waals surface area (Å²) in [6.07, 6.45) is 0.228. The number of rotatable bonds is 3. The lowest BCUT2D eigenvalue weighted by Gasteiger charge is -2.06. The molecule has 0 bridgehead atoms. The van der Waals surface area contributed by atoms with Crippen molar-refractivity contribution in [3.05, 3.63) is 42.4 Å². The summed E-state index contributed by atoms with van der Waals surface area (Å²) in [5, 5.41) is 0. The Labute approximate surface area is 103 Å². The van der Waals surface area contributed by atoms with Crippen LogP contribution in [0, 0.1) is 0 Å². The summed E-state index contributed by atoms with van der Waals surface area (Å²) in [6, 6.07) is 5.05. The monoisotopic (exact) mass is 254 g/mol. The number of nitrogens with zero attached hydrogens (tertiary/aromatic N) is 2. The van der Waals surface area contributed by atoms with Crippen molar-refractivity contribution in [2.24, 2.45) is 0 Å². The van der Waals surface area contributed by atoms with Crippen LogP contribution < -0.4 is 0 Å². The number of aromatic nitrogens is 2. The van der Waals surface area contributed by atoms with Crippen LogP contribution >= 0.6 is 0 Å². The zero-order chi connectivity index (χ0) is 13.2. The molecule has 1 heterocycles. The SMILES string of the molecule is CCCn1cnc(-c2ccc(C(F)(F)F)cc2)c1. The van der Waals surface area contributed by atoms with Crippen molar-refractivity contribution in [3.63, 3.8) is 0 Å². The average molecular weight is 254 g/mol. The number of benzene rings is 1. The Bertz CT molecular complexity index is 512. The van der Waals surface area contributed by atoms with Gasteiger partial charge < -0.3 is 4.57 Å². The van der Waals surface area contributed by atoms with E-state index in [9.17, 15) is 13.2 Å². The van der Waals surface area contributed by atoms with Gasteiger partial charge in [0.15, 0.2) is 0 Å². The van der Waals surface area contributed by atoms with Crippen molar-refractivity contribution in [2.45, 2.75) is 26.1 Å². The summed E-state index contributed by atoms with van der Waals surface area (Å²) >= 11 is 0. The van der Waals surface area contributed by atoms with E-state index in [1.165, 1.54) is 12.1 Å². The second-order valence-electron chi connectivity index (χ2n) is 4.07. The zero-order valence-corrected chi connectivity index (χ0v) is 9.91. The summed E-state index contributed by atoms with van der Waals surface area (Å²) in [5.74, 6) is 0. The fourth-order valence-electron chi connectivity index (χ4n) is 1.72. The van der Waals surface area contributed by atoms with Crippen LogP contribution in [0.1, 0.15) is 18.9 Å². The predicted octanol–water partition coefficient (Wildman–Crippen LogP) is 3.98. The quantitative estimate of drug-likeness (QED) is 0.810. The van der Waals surface area contributed by atoms with Crippen LogP contribution in [-0.2, 0) is 12.7 Å². The molecule has 0 amide bonds. The topological polar surface area (TPSA) is 17.8 Å². The first-order valence-electron chi connectivity index (χ1n) is 5.70. The van der Waals surface area contributed by atoms with Crippen LogP contribution in [-0.4, -0.2) is 9.55 Å². The molecule has 0 saturated carbocycles. The first-order valence-corrected chi connectivity index (χ1v) is 5.70. The molecule has 0 fully saturated rings. The summed E-state index contributed by atoms with van der Waals surface area (Å²) in [4.78, 5) is 4.18. The normalized spacial score (nSPS) is 11.8. The van der Waals surface area contributed by atoms with Crippen LogP contribution in [0.15, 0.2) is 36.8 Å². The number of hydrogen-bond acceptors (Lipinski definition) is 1. The van der Waals surface area contributed by atoms with Crippen molar-refractivity contribution in [3.8, 4) is 11.3 Å². The standard InChI is InChI=1S/C13H13F3N2/c1-2-7-18-8-12(17-9-18)10-3-5-11(6-4-10)13(14,15)16/h3-6,8-9H,2,7H2,1H3. The minimum absolute atomic E-state index is 0.640. The summed E-state index contributed by atoms with van der Waals surface area (Å²) in [7, 11) is 0. The van der Waals surface area contributed by atoms with Gasteiger partial charge in [-0.3, -0.25) is 0 Å². The molecule has 2 nitrogen and oxygen atoms in total. The van der Waals surface area contributed by atoms with Gasteiger partial charge in [0.05, 0.1) is 17.6 Å². The molecular formula is C13H13F3N2. The molecule has 1 aromatic heterocycles. The molecule has 0 saturated heterocycles. The molecular weight excluding hydrogens is 241 g/mol. The van der Waals surface area contributed by atoms with Gasteiger partial charge >= 0.3 is 6.18 Å². The van der Waals surface area contributed by atoms with Gasteiger partial charge in [0, 0.05) is 18.3 Å². The number of halogens is 3. The fraction of sp³-hybridized carbons (Fsp3) is 0.308. The smallest absolute Gasteiger partial charge is 0.337 e. The van der Waals surface area contributed by atoms with E-state index in [0.717, 1.165) is 25.1 Å². The van der Waals surface area contributed by atoms with Gasteiger partial charge in [-0.15, -0.1) is 0 Å². The highest BCUT2D eigenvalue weighted by molar-refractivity contribution is 5.58. The summed E-state index contributed by atoms with van der Waals surface area (Å²) < 4.78 is 39.1. The van der Waals surface area contributed by atoms with E-state index in [-0.39, 0.29) is 0 Å². The van der Waals surface area contributed by atoms with E-state index in [0.29, 0.717) is 11.3 Å². The Kier molecular flexibility index (Phi) is 3.41. The van der Waals surface area contributed by atoms with Crippen molar-refractivity contribution in [2.75, 3.05) is 0 Å². The molecule has 18 heavy (non-hydrogen) atoms. The first kappa shape index (κ1) is 12.7. The van der Waals surface area contributed by atoms with Crippen molar-refractivity contribution in [1.29, 1.82) is 0 Å². The van der Waals surface area contributed by atoms with Gasteiger partial charge in [0.2, 0.25) is 0 Å². The van der Waals surface area contributed by atoms with Crippen molar-refractivity contribution in [1.82, 2.24) is 9.55 Å². The van der Waals surface area contributed by atoms with Crippen LogP contribution in [0.5, 0.6) is 0 Å². The molecule has 2 aromatic rings. The van der Waals surface area contributed by atoms with E-state index in [1.54, 1.807) is 6.33 Å². The lowest BCUT2D eigenvalue weighted by Crippen LogP contribution is -2.03. The van der Waals surface area contributed by atoms with Crippen LogP contribution in [0.25, 0.3) is 11.3 Å². The Morgan fingerprint density at radius 2 is 1.83 bits per heavy atom. The minimum Gasteiger partial charge on any atom is -0.337 e. The van der Waals surface area contributed by atoms with Gasteiger partial charge in [-0.1, -0.05) is 19.1 Å². The first-order chi connectivity index (χ1) is 8.50. The van der Waals surface area contributed by atoms with E-state index in [2.05, 4.69) is 11.9 Å². The third-order valence-electron chi connectivity index (χ3n) is 2.62. The zero-order valence-electron chi connectivity index (χ0n) is 9.91. The molecule has 0 aliphatic carbocycles. The second kappa shape index (κ2) is 4.84. The Morgan fingerprint density at radius 1 is 1.17 bits per heavy atom. The largest absolute Gasteiger partial charge is 0.416 e. The maximum Gasteiger partial charge on any atom is 0.416 e. The van der Waals surface area contributed by atoms with Crippen LogP contribution in [0.3, 0.4) is 0 Å². The third kappa shape index (κ3) is 2.72. The molecule has 0 N–H and O–H groups in total. The summed E-state index contributed by atoms with van der Waals surface area (Å²) in [5.41, 5.74) is 0.745. The Balaban J connectivity index is 2.23. The maximum atomic E-state index is 12.4. The molecule has 0 aliphatic heterocycles. The molecule has 0 unspecified atom stereocenters. The van der Waals surface area contributed by atoms with E-state index in [4.69, 9.17) is 0 Å². The summed E-state index contributed by atoms with van der Waals surface area (Å²) in [6.45, 7) is 2.91. The molecule has 0 radical (unpaired) electrons. The minimum atomic E-state index is -4.29. The molecule has 0 atom stereocenters. The highest BCUT2D eigenvalue weighted by Crippen LogP contribution is 2.30. The third-order valence-corrected chi connectivity index (χ3v) is 2.62. The van der Waals surface area contributed by atoms with E-state index in [1.807, 2.05) is 10.8 Å². The molecule has 5 heteroatoms. The number of aryl methyl sites for hydroxylation is 1. The molecule has 0 spiro atoms. The fourth-order valence-corrected chi connectivity index (χ4v) is 1.72. The number of imidazole rings is 1. The van der Waals surface area contributed by atoms with Crippen LogP contribution in [0.2, 0.25) is 0 Å². The van der Waals surface area contributed by atoms with Gasteiger partial charge in [-0.2, -0.15) is 13.2 Å². The number of hydrogen-bond donors (Lipinski definition) is 0. The highest BCUT2D eigenvalue weighted by atomic mass is 19.4. The van der Waals surface area contributed by atoms with Crippen molar-refractivity contribution >= 4 is 0 Å².